The fraction of sp³-hybridized carbons (Fsp3) is 0.654. The molecule has 0 aliphatic rings. The molecule has 0 atom stereocenters. The van der Waals surface area contributed by atoms with Gasteiger partial charge in [0.05, 0.1) is 12.4 Å². The zero-order chi connectivity index (χ0) is 22.9. The first kappa shape index (κ1) is 45.3. The van der Waals surface area contributed by atoms with E-state index >= 15 is 0 Å². The maximum absolute atomic E-state index is 5.02. The third-order valence-corrected chi connectivity index (χ3v) is 2.24. The van der Waals surface area contributed by atoms with Gasteiger partial charge in [0.1, 0.15) is 0 Å². The van der Waals surface area contributed by atoms with Gasteiger partial charge in [-0.3, -0.25) is 0 Å². The number of hydrogen-bond acceptors (Lipinski definition) is 2. The Bertz CT molecular complexity index is 285. The summed E-state index contributed by atoms with van der Waals surface area (Å²) in [7, 11) is 1.78. The van der Waals surface area contributed by atoms with Crippen LogP contribution in [0.4, 0.5) is 0 Å². The Labute approximate surface area is 181 Å². The van der Waals surface area contributed by atoms with Crippen molar-refractivity contribution in [3.05, 3.63) is 49.8 Å². The van der Waals surface area contributed by atoms with E-state index in [2.05, 4.69) is 52.4 Å². The molecule has 0 aliphatic heterocycles. The van der Waals surface area contributed by atoms with E-state index in [1.165, 1.54) is 6.42 Å². The lowest BCUT2D eigenvalue weighted by molar-refractivity contribution is 0.226. The maximum Gasteiger partial charge on any atom is 0.0925 e. The lowest BCUT2D eigenvalue weighted by Crippen LogP contribution is -1.86. The molecule has 0 aromatic rings. The summed E-state index contributed by atoms with van der Waals surface area (Å²) in [4.78, 5) is 3.73. The van der Waals surface area contributed by atoms with E-state index < -0.39 is 0 Å². The first-order valence-electron chi connectivity index (χ1n) is 10.3. The van der Waals surface area contributed by atoms with E-state index in [0.29, 0.717) is 6.61 Å². The Hall–Kier alpha value is -1.57. The van der Waals surface area contributed by atoms with Crippen LogP contribution in [0.1, 0.15) is 95.9 Å². The summed E-state index contributed by atoms with van der Waals surface area (Å²) in [5, 5.41) is 0. The summed E-state index contributed by atoms with van der Waals surface area (Å²) in [5.41, 5.74) is 0. The summed E-state index contributed by atoms with van der Waals surface area (Å²) in [6.07, 6.45) is 12.5. The SMILES string of the molecule is C.C/C=C/C.C=CC.C=CCC(=C)OCC.CC.CCC(C)C.CCC=NC. The molecule has 0 saturated carbocycles. The fourth-order valence-electron chi connectivity index (χ4n) is 0.607. The largest absolute Gasteiger partial charge is 0.499 e. The molecule has 0 amide bonds. The van der Waals surface area contributed by atoms with Gasteiger partial charge in [0.2, 0.25) is 0 Å². The molecule has 0 unspecified atom stereocenters. The average molecular weight is 400 g/mol. The normalized spacial score (nSPS) is 7.86. The summed E-state index contributed by atoms with van der Waals surface area (Å²) in [6.45, 7) is 31.8. The third kappa shape index (κ3) is 151. The first-order chi connectivity index (χ1) is 12.8. The highest BCUT2D eigenvalue weighted by Crippen LogP contribution is 1.98. The van der Waals surface area contributed by atoms with Gasteiger partial charge in [-0.05, 0) is 46.2 Å². The van der Waals surface area contributed by atoms with Crippen molar-refractivity contribution in [2.45, 2.75) is 95.9 Å². The van der Waals surface area contributed by atoms with Crippen LogP contribution >= 0.6 is 0 Å². The molecule has 0 spiro atoms. The first-order valence-corrected chi connectivity index (χ1v) is 10.3. The lowest BCUT2D eigenvalue weighted by atomic mass is 10.2. The highest BCUT2D eigenvalue weighted by molar-refractivity contribution is 5.56. The van der Waals surface area contributed by atoms with Crippen LogP contribution in [0.2, 0.25) is 0 Å². The van der Waals surface area contributed by atoms with Crippen LogP contribution in [-0.4, -0.2) is 19.9 Å². The molecule has 0 radical (unpaired) electrons. The second-order valence-corrected chi connectivity index (χ2v) is 5.19. The number of aliphatic imine (C=N–C) groups is 1. The Morgan fingerprint density at radius 3 is 1.46 bits per heavy atom. The highest BCUT2D eigenvalue weighted by Gasteiger charge is 1.84. The fourth-order valence-corrected chi connectivity index (χ4v) is 0.607. The van der Waals surface area contributed by atoms with Crippen LogP contribution in [0.3, 0.4) is 0 Å². The molecule has 0 aromatic carbocycles. The highest BCUT2D eigenvalue weighted by atomic mass is 16.5. The average Bonchev–Trinajstić information content (AvgIpc) is 2.66. The minimum Gasteiger partial charge on any atom is -0.499 e. The van der Waals surface area contributed by atoms with E-state index in [4.69, 9.17) is 4.74 Å². The quantitative estimate of drug-likeness (QED) is 0.247. The van der Waals surface area contributed by atoms with Gasteiger partial charge >= 0.3 is 0 Å². The van der Waals surface area contributed by atoms with Gasteiger partial charge in [-0.15, -0.1) is 13.2 Å². The molecule has 0 rings (SSSR count). The second kappa shape index (κ2) is 63.7. The molecule has 0 saturated heterocycles. The number of hydrogen-bond donors (Lipinski definition) is 0. The number of allylic oxidation sites excluding steroid dienone is 4. The van der Waals surface area contributed by atoms with Crippen molar-refractivity contribution >= 4 is 6.21 Å². The zero-order valence-electron chi connectivity index (χ0n) is 20.8. The maximum atomic E-state index is 5.02. The molecule has 0 N–H and O–H groups in total. The smallest absolute Gasteiger partial charge is 0.0925 e. The van der Waals surface area contributed by atoms with E-state index in [1.807, 2.05) is 59.9 Å². The molecule has 0 fully saturated rings. The molecule has 28 heavy (non-hydrogen) atoms. The zero-order valence-corrected chi connectivity index (χ0v) is 20.8. The van der Waals surface area contributed by atoms with Crippen molar-refractivity contribution in [3.63, 3.8) is 0 Å². The van der Waals surface area contributed by atoms with E-state index in [1.54, 1.807) is 19.2 Å². The number of ether oxygens (including phenoxy) is 1. The standard InChI is InChI=1S/C7H12O.C5H12.C4H9N.C4H8.C3H6.C2H6.CH4/c1-4-6-7(3)8-5-2;1-4-5(2)3;1-3-4-5-2;1-3-4-2;1-3-2;1-2;/h4H,1,3,5-6H2,2H3;5H,4H2,1-3H3;4H,3H2,1-2H3;3-4H,1-2H3;3H,1H2,2H3;1-2H3;1H4/b;;;4-3+;;;. The van der Waals surface area contributed by atoms with Gasteiger partial charge in [0.25, 0.3) is 0 Å². The van der Waals surface area contributed by atoms with Crippen molar-refractivity contribution in [1.29, 1.82) is 0 Å². The van der Waals surface area contributed by atoms with Gasteiger partial charge in [-0.1, -0.05) is 86.3 Å². The van der Waals surface area contributed by atoms with E-state index in [0.717, 1.165) is 24.5 Å². The molecule has 2 nitrogen and oxygen atoms in total. The van der Waals surface area contributed by atoms with Crippen molar-refractivity contribution < 1.29 is 4.74 Å². The van der Waals surface area contributed by atoms with Crippen molar-refractivity contribution in [1.82, 2.24) is 0 Å². The van der Waals surface area contributed by atoms with Crippen LogP contribution in [0, 0.1) is 5.92 Å². The van der Waals surface area contributed by atoms with Gasteiger partial charge in [-0.2, -0.15) is 0 Å². The lowest BCUT2D eigenvalue weighted by Gasteiger charge is -2.01. The molecular weight excluding hydrogens is 342 g/mol. The van der Waals surface area contributed by atoms with Gasteiger partial charge in [0, 0.05) is 13.5 Å². The van der Waals surface area contributed by atoms with E-state index in [-0.39, 0.29) is 7.43 Å². The summed E-state index contributed by atoms with van der Waals surface area (Å²) in [6, 6.07) is 0. The minimum absolute atomic E-state index is 0. The molecular formula is C26H57NO. The van der Waals surface area contributed by atoms with Crippen molar-refractivity contribution in [2.75, 3.05) is 13.7 Å². The summed E-state index contributed by atoms with van der Waals surface area (Å²) in [5.74, 6) is 1.68. The van der Waals surface area contributed by atoms with E-state index in [9.17, 15) is 0 Å². The predicted molar refractivity (Wildman–Crippen MR) is 140 cm³/mol. The Balaban J connectivity index is -0.0000000395. The third-order valence-electron chi connectivity index (χ3n) is 2.24. The Kier molecular flexibility index (Phi) is 103. The molecule has 0 aromatic heterocycles. The van der Waals surface area contributed by atoms with Gasteiger partial charge in [0.15, 0.2) is 0 Å². The summed E-state index contributed by atoms with van der Waals surface area (Å²) < 4.78 is 5.02. The monoisotopic (exact) mass is 399 g/mol. The van der Waals surface area contributed by atoms with Crippen LogP contribution in [0.5, 0.6) is 0 Å². The Morgan fingerprint density at radius 2 is 1.36 bits per heavy atom. The minimum atomic E-state index is 0. The van der Waals surface area contributed by atoms with Crippen molar-refractivity contribution in [3.8, 4) is 0 Å². The predicted octanol–water partition coefficient (Wildman–Crippen LogP) is 9.70. The van der Waals surface area contributed by atoms with Gasteiger partial charge < -0.3 is 9.73 Å². The molecule has 0 aliphatic carbocycles. The second-order valence-electron chi connectivity index (χ2n) is 5.19. The van der Waals surface area contributed by atoms with Crippen LogP contribution in [-0.2, 0) is 4.74 Å². The molecule has 172 valence electrons. The molecule has 0 bridgehead atoms. The van der Waals surface area contributed by atoms with Gasteiger partial charge in [-0.25, -0.2) is 0 Å². The molecule has 2 heteroatoms. The summed E-state index contributed by atoms with van der Waals surface area (Å²) >= 11 is 0. The Morgan fingerprint density at radius 1 is 1.00 bits per heavy atom. The van der Waals surface area contributed by atoms with Crippen molar-refractivity contribution in [2.24, 2.45) is 10.9 Å². The molecule has 0 heterocycles. The van der Waals surface area contributed by atoms with Crippen LogP contribution < -0.4 is 0 Å². The van der Waals surface area contributed by atoms with Crippen LogP contribution in [0.25, 0.3) is 0 Å². The number of nitrogens with zero attached hydrogens (tertiary/aromatic N) is 1. The number of rotatable bonds is 6. The topological polar surface area (TPSA) is 21.6 Å². The van der Waals surface area contributed by atoms with Crippen LogP contribution in [0.15, 0.2) is 54.8 Å².